The van der Waals surface area contributed by atoms with Gasteiger partial charge in [-0.3, -0.25) is 4.90 Å². The maximum Gasteiger partial charge on any atom is 0.0116 e. The molecule has 2 aliphatic heterocycles. The average Bonchev–Trinajstić information content (AvgIpc) is 2.28. The van der Waals surface area contributed by atoms with Crippen molar-refractivity contribution in [2.75, 3.05) is 6.54 Å². The van der Waals surface area contributed by atoms with Crippen molar-refractivity contribution in [1.29, 1.82) is 0 Å². The summed E-state index contributed by atoms with van der Waals surface area (Å²) in [6, 6.07) is 3.33. The van der Waals surface area contributed by atoms with Crippen LogP contribution in [0.5, 0.6) is 0 Å². The summed E-state index contributed by atoms with van der Waals surface area (Å²) < 4.78 is 0. The van der Waals surface area contributed by atoms with Gasteiger partial charge in [-0.1, -0.05) is 26.7 Å². The fourth-order valence-corrected chi connectivity index (χ4v) is 4.16. The predicted molar refractivity (Wildman–Crippen MR) is 74.3 cm³/mol. The van der Waals surface area contributed by atoms with E-state index in [9.17, 15) is 0 Å². The lowest BCUT2D eigenvalue weighted by atomic mass is 9.80. The van der Waals surface area contributed by atoms with Gasteiger partial charge in [0.05, 0.1) is 0 Å². The standard InChI is InChI=1S/C15H30N2/c1-4-7-12(3)17-14-8-6-9-15(17)11-13(10-14)16-5-2/h12-16H,4-11H2,1-3H3. The van der Waals surface area contributed by atoms with Gasteiger partial charge in [-0.2, -0.15) is 0 Å². The number of fused-ring (bicyclic) bond motifs is 2. The minimum absolute atomic E-state index is 0.792. The van der Waals surface area contributed by atoms with Gasteiger partial charge in [0.1, 0.15) is 0 Å². The van der Waals surface area contributed by atoms with Crippen LogP contribution < -0.4 is 5.32 Å². The van der Waals surface area contributed by atoms with Crippen LogP contribution in [-0.4, -0.2) is 35.6 Å². The zero-order valence-electron chi connectivity index (χ0n) is 11.9. The predicted octanol–water partition coefficient (Wildman–Crippen LogP) is 3.17. The van der Waals surface area contributed by atoms with E-state index in [4.69, 9.17) is 0 Å². The lowest BCUT2D eigenvalue weighted by molar-refractivity contribution is -0.00763. The van der Waals surface area contributed by atoms with Crippen LogP contribution in [0.1, 0.15) is 65.7 Å². The van der Waals surface area contributed by atoms with Crippen molar-refractivity contribution in [2.45, 2.75) is 89.9 Å². The van der Waals surface area contributed by atoms with Gasteiger partial charge < -0.3 is 5.32 Å². The minimum Gasteiger partial charge on any atom is -0.314 e. The molecule has 0 radical (unpaired) electrons. The number of nitrogens with zero attached hydrogens (tertiary/aromatic N) is 1. The van der Waals surface area contributed by atoms with E-state index in [0.717, 1.165) is 30.7 Å². The molecule has 2 fully saturated rings. The third kappa shape index (κ3) is 3.03. The Morgan fingerprint density at radius 2 is 1.82 bits per heavy atom. The van der Waals surface area contributed by atoms with Crippen LogP contribution in [0.25, 0.3) is 0 Å². The van der Waals surface area contributed by atoms with E-state index in [0.29, 0.717) is 0 Å². The van der Waals surface area contributed by atoms with Crippen LogP contribution in [0, 0.1) is 0 Å². The molecule has 2 heterocycles. The number of hydrogen-bond donors (Lipinski definition) is 1. The van der Waals surface area contributed by atoms with E-state index in [2.05, 4.69) is 31.0 Å². The summed E-state index contributed by atoms with van der Waals surface area (Å²) in [6.07, 6.45) is 9.81. The molecule has 1 N–H and O–H groups in total. The van der Waals surface area contributed by atoms with Crippen molar-refractivity contribution in [3.8, 4) is 0 Å². The van der Waals surface area contributed by atoms with Gasteiger partial charge in [-0.25, -0.2) is 0 Å². The molecule has 0 amide bonds. The number of rotatable bonds is 5. The largest absolute Gasteiger partial charge is 0.314 e. The second-order valence-corrected chi connectivity index (χ2v) is 6.05. The maximum absolute atomic E-state index is 3.68. The van der Waals surface area contributed by atoms with Gasteiger partial charge in [0.2, 0.25) is 0 Å². The number of piperidine rings is 2. The molecule has 0 aromatic carbocycles. The summed E-state index contributed by atoms with van der Waals surface area (Å²) in [4.78, 5) is 2.88. The Kier molecular flexibility index (Phi) is 4.87. The van der Waals surface area contributed by atoms with Gasteiger partial charge in [-0.05, 0) is 45.6 Å². The molecular formula is C15H30N2. The third-order valence-electron chi connectivity index (χ3n) is 4.74. The molecule has 100 valence electrons. The third-order valence-corrected chi connectivity index (χ3v) is 4.74. The Hall–Kier alpha value is -0.0800. The van der Waals surface area contributed by atoms with Gasteiger partial charge in [0.15, 0.2) is 0 Å². The summed E-state index contributed by atoms with van der Waals surface area (Å²) in [5, 5.41) is 3.68. The topological polar surface area (TPSA) is 15.3 Å². The highest BCUT2D eigenvalue weighted by Crippen LogP contribution is 2.36. The molecule has 2 heteroatoms. The molecule has 2 rings (SSSR count). The zero-order chi connectivity index (χ0) is 12.3. The molecule has 0 spiro atoms. The second kappa shape index (κ2) is 6.19. The quantitative estimate of drug-likeness (QED) is 0.791. The highest BCUT2D eigenvalue weighted by atomic mass is 15.2. The molecule has 3 unspecified atom stereocenters. The fourth-order valence-electron chi connectivity index (χ4n) is 4.16. The smallest absolute Gasteiger partial charge is 0.0116 e. The summed E-state index contributed by atoms with van der Waals surface area (Å²) >= 11 is 0. The number of nitrogens with one attached hydrogen (secondary N) is 1. The Labute approximate surface area is 107 Å². The van der Waals surface area contributed by atoms with E-state index in [1.807, 2.05) is 0 Å². The SMILES string of the molecule is CCCC(C)N1C2CCCC1CC(NCC)C2. The van der Waals surface area contributed by atoms with Crippen LogP contribution in [-0.2, 0) is 0 Å². The minimum atomic E-state index is 0.792. The summed E-state index contributed by atoms with van der Waals surface area (Å²) in [5.74, 6) is 0. The first kappa shape index (κ1) is 13.4. The summed E-state index contributed by atoms with van der Waals surface area (Å²) in [6.45, 7) is 8.14. The lowest BCUT2D eigenvalue weighted by Gasteiger charge is -2.52. The molecule has 0 saturated carbocycles. The molecule has 2 bridgehead atoms. The van der Waals surface area contributed by atoms with Gasteiger partial charge in [-0.15, -0.1) is 0 Å². The maximum atomic E-state index is 3.68. The van der Waals surface area contributed by atoms with Gasteiger partial charge in [0.25, 0.3) is 0 Å². The van der Waals surface area contributed by atoms with Crippen molar-refractivity contribution >= 4 is 0 Å². The summed E-state index contributed by atoms with van der Waals surface area (Å²) in [7, 11) is 0. The van der Waals surface area contributed by atoms with Crippen LogP contribution in [0.4, 0.5) is 0 Å². The molecule has 3 atom stereocenters. The van der Waals surface area contributed by atoms with Crippen LogP contribution in [0.15, 0.2) is 0 Å². The van der Waals surface area contributed by atoms with E-state index < -0.39 is 0 Å². The Morgan fingerprint density at radius 3 is 2.35 bits per heavy atom. The number of hydrogen-bond acceptors (Lipinski definition) is 2. The summed E-state index contributed by atoms with van der Waals surface area (Å²) in [5.41, 5.74) is 0. The fraction of sp³-hybridized carbons (Fsp3) is 1.00. The molecular weight excluding hydrogens is 208 g/mol. The van der Waals surface area contributed by atoms with Crippen molar-refractivity contribution in [3.05, 3.63) is 0 Å². The first-order valence-electron chi connectivity index (χ1n) is 7.77. The zero-order valence-corrected chi connectivity index (χ0v) is 11.9. The first-order chi connectivity index (χ1) is 8.26. The van der Waals surface area contributed by atoms with Gasteiger partial charge >= 0.3 is 0 Å². The Morgan fingerprint density at radius 1 is 1.18 bits per heavy atom. The van der Waals surface area contributed by atoms with E-state index in [1.165, 1.54) is 44.9 Å². The molecule has 0 aromatic rings. The molecule has 2 nitrogen and oxygen atoms in total. The molecule has 17 heavy (non-hydrogen) atoms. The van der Waals surface area contributed by atoms with E-state index in [1.54, 1.807) is 0 Å². The van der Waals surface area contributed by atoms with Crippen molar-refractivity contribution < 1.29 is 0 Å². The van der Waals surface area contributed by atoms with Crippen molar-refractivity contribution in [1.82, 2.24) is 10.2 Å². The molecule has 2 aliphatic rings. The molecule has 2 saturated heterocycles. The van der Waals surface area contributed by atoms with Crippen molar-refractivity contribution in [2.24, 2.45) is 0 Å². The normalized spacial score (nSPS) is 35.8. The van der Waals surface area contributed by atoms with Crippen LogP contribution in [0.3, 0.4) is 0 Å². The average molecular weight is 238 g/mol. The Bertz CT molecular complexity index is 215. The Balaban J connectivity index is 1.99. The van der Waals surface area contributed by atoms with Crippen LogP contribution in [0.2, 0.25) is 0 Å². The second-order valence-electron chi connectivity index (χ2n) is 6.05. The monoisotopic (exact) mass is 238 g/mol. The van der Waals surface area contributed by atoms with E-state index >= 15 is 0 Å². The van der Waals surface area contributed by atoms with Gasteiger partial charge in [0, 0.05) is 24.2 Å². The molecule has 0 aromatic heterocycles. The lowest BCUT2D eigenvalue weighted by Crippen LogP contribution is -2.58. The van der Waals surface area contributed by atoms with Crippen molar-refractivity contribution in [3.63, 3.8) is 0 Å². The van der Waals surface area contributed by atoms with Crippen LogP contribution >= 0.6 is 0 Å². The van der Waals surface area contributed by atoms with E-state index in [-0.39, 0.29) is 0 Å². The first-order valence-corrected chi connectivity index (χ1v) is 7.77. The highest BCUT2D eigenvalue weighted by Gasteiger charge is 2.39. The highest BCUT2D eigenvalue weighted by molar-refractivity contribution is 4.96. The molecule has 0 aliphatic carbocycles.